The van der Waals surface area contributed by atoms with Crippen molar-refractivity contribution < 1.29 is 0 Å². The van der Waals surface area contributed by atoms with Gasteiger partial charge in [0.2, 0.25) is 0 Å². The minimum Gasteiger partial charge on any atom is -0.369 e. The van der Waals surface area contributed by atoms with Crippen LogP contribution in [0.2, 0.25) is 10.0 Å². The Bertz CT molecular complexity index is 302. The smallest absolute Gasteiger partial charge is 0.0838 e. The summed E-state index contributed by atoms with van der Waals surface area (Å²) in [6.07, 6.45) is 7.04. The van der Waals surface area contributed by atoms with Gasteiger partial charge in [-0.05, 0) is 19.3 Å². The summed E-state index contributed by atoms with van der Waals surface area (Å²) in [6, 6.07) is 0. The molecule has 76 valence electrons. The van der Waals surface area contributed by atoms with Gasteiger partial charge in [0, 0.05) is 25.5 Å². The van der Waals surface area contributed by atoms with Crippen LogP contribution in [0.4, 0.5) is 5.69 Å². The third-order valence-corrected chi connectivity index (χ3v) is 3.05. The monoisotopic (exact) mass is 230 g/mol. The largest absolute Gasteiger partial charge is 0.369 e. The van der Waals surface area contributed by atoms with Crippen LogP contribution in [0.3, 0.4) is 0 Å². The summed E-state index contributed by atoms with van der Waals surface area (Å²) in [5.41, 5.74) is 0.947. The Morgan fingerprint density at radius 1 is 1.00 bits per heavy atom. The van der Waals surface area contributed by atoms with Gasteiger partial charge in [-0.2, -0.15) is 0 Å². The zero-order valence-corrected chi connectivity index (χ0v) is 9.35. The lowest BCUT2D eigenvalue weighted by Gasteiger charge is -2.29. The number of hydrogen-bond donors (Lipinski definition) is 0. The highest BCUT2D eigenvalue weighted by atomic mass is 35.5. The number of hydrogen-bond acceptors (Lipinski definition) is 2. The molecule has 1 aromatic heterocycles. The van der Waals surface area contributed by atoms with Gasteiger partial charge in [0.1, 0.15) is 0 Å². The van der Waals surface area contributed by atoms with Crippen molar-refractivity contribution in [3.63, 3.8) is 0 Å². The van der Waals surface area contributed by atoms with Gasteiger partial charge in [-0.15, -0.1) is 0 Å². The van der Waals surface area contributed by atoms with Gasteiger partial charge in [0.15, 0.2) is 0 Å². The van der Waals surface area contributed by atoms with Crippen LogP contribution in [0, 0.1) is 0 Å². The number of anilines is 1. The molecule has 0 amide bonds. The molecule has 14 heavy (non-hydrogen) atoms. The Balaban J connectivity index is 2.29. The van der Waals surface area contributed by atoms with Crippen LogP contribution in [-0.4, -0.2) is 18.1 Å². The Kier molecular flexibility index (Phi) is 3.14. The van der Waals surface area contributed by atoms with E-state index in [1.807, 2.05) is 0 Å². The van der Waals surface area contributed by atoms with Gasteiger partial charge in [-0.25, -0.2) is 0 Å². The van der Waals surface area contributed by atoms with Gasteiger partial charge >= 0.3 is 0 Å². The number of rotatable bonds is 1. The number of pyridine rings is 1. The van der Waals surface area contributed by atoms with Crippen molar-refractivity contribution in [1.82, 2.24) is 4.98 Å². The van der Waals surface area contributed by atoms with E-state index in [1.165, 1.54) is 19.3 Å². The van der Waals surface area contributed by atoms with Gasteiger partial charge in [-0.1, -0.05) is 23.2 Å². The minimum absolute atomic E-state index is 0.652. The van der Waals surface area contributed by atoms with Crippen molar-refractivity contribution in [1.29, 1.82) is 0 Å². The average Bonchev–Trinajstić information content (AvgIpc) is 2.19. The third-order valence-electron chi connectivity index (χ3n) is 2.50. The molecule has 0 radical (unpaired) electrons. The molecule has 2 rings (SSSR count). The lowest BCUT2D eigenvalue weighted by atomic mass is 10.1. The van der Waals surface area contributed by atoms with E-state index in [1.54, 1.807) is 12.4 Å². The summed E-state index contributed by atoms with van der Waals surface area (Å²) >= 11 is 12.1. The number of nitrogens with zero attached hydrogens (tertiary/aromatic N) is 2. The molecule has 1 aliphatic heterocycles. The van der Waals surface area contributed by atoms with E-state index < -0.39 is 0 Å². The van der Waals surface area contributed by atoms with E-state index in [4.69, 9.17) is 23.2 Å². The quantitative estimate of drug-likeness (QED) is 0.736. The summed E-state index contributed by atoms with van der Waals surface area (Å²) in [5.74, 6) is 0. The van der Waals surface area contributed by atoms with Crippen molar-refractivity contribution in [2.24, 2.45) is 0 Å². The predicted molar refractivity (Wildman–Crippen MR) is 60.3 cm³/mol. The summed E-state index contributed by atoms with van der Waals surface area (Å²) in [6.45, 7) is 2.09. The molecule has 0 N–H and O–H groups in total. The predicted octanol–water partition coefficient (Wildman–Crippen LogP) is 3.38. The summed E-state index contributed by atoms with van der Waals surface area (Å²) in [5, 5.41) is 1.30. The normalized spacial score (nSPS) is 17.1. The molecule has 0 saturated carbocycles. The molecule has 2 nitrogen and oxygen atoms in total. The summed E-state index contributed by atoms with van der Waals surface area (Å²) < 4.78 is 0. The maximum atomic E-state index is 6.07. The van der Waals surface area contributed by atoms with Crippen molar-refractivity contribution >= 4 is 28.9 Å². The van der Waals surface area contributed by atoms with Crippen molar-refractivity contribution in [2.75, 3.05) is 18.0 Å². The first-order chi connectivity index (χ1) is 6.79. The molecule has 1 fully saturated rings. The van der Waals surface area contributed by atoms with Crippen molar-refractivity contribution in [3.8, 4) is 0 Å². The molecular weight excluding hydrogens is 219 g/mol. The molecule has 4 heteroatoms. The molecule has 1 aromatic rings. The van der Waals surface area contributed by atoms with Crippen LogP contribution in [0.5, 0.6) is 0 Å². The maximum Gasteiger partial charge on any atom is 0.0838 e. The summed E-state index contributed by atoms with van der Waals surface area (Å²) in [4.78, 5) is 6.19. The Morgan fingerprint density at radius 3 is 2.14 bits per heavy atom. The Hall–Kier alpha value is -0.470. The lowest BCUT2D eigenvalue weighted by molar-refractivity contribution is 0.578. The molecule has 1 aliphatic rings. The third kappa shape index (κ3) is 1.96. The highest BCUT2D eigenvalue weighted by Gasteiger charge is 2.16. The fourth-order valence-corrected chi connectivity index (χ4v) is 2.43. The first-order valence-electron chi connectivity index (χ1n) is 4.83. The fourth-order valence-electron chi connectivity index (χ4n) is 1.82. The lowest BCUT2D eigenvalue weighted by Crippen LogP contribution is -2.29. The minimum atomic E-state index is 0.652. The van der Waals surface area contributed by atoms with E-state index in [9.17, 15) is 0 Å². The highest BCUT2D eigenvalue weighted by Crippen LogP contribution is 2.33. The van der Waals surface area contributed by atoms with Crippen LogP contribution >= 0.6 is 23.2 Å². The zero-order valence-electron chi connectivity index (χ0n) is 7.84. The average molecular weight is 231 g/mol. The maximum absolute atomic E-state index is 6.07. The topological polar surface area (TPSA) is 16.1 Å². The second-order valence-corrected chi connectivity index (χ2v) is 4.31. The molecule has 2 heterocycles. The van der Waals surface area contributed by atoms with Crippen molar-refractivity contribution in [2.45, 2.75) is 19.3 Å². The second kappa shape index (κ2) is 4.37. The molecule has 1 saturated heterocycles. The van der Waals surface area contributed by atoms with Crippen molar-refractivity contribution in [3.05, 3.63) is 22.4 Å². The zero-order chi connectivity index (χ0) is 9.97. The standard InChI is InChI=1S/C10H12Cl2N2/c11-8-6-13-7-9(12)10(8)14-4-2-1-3-5-14/h6-7H,1-5H2. The van der Waals surface area contributed by atoms with Crippen LogP contribution in [0.1, 0.15) is 19.3 Å². The van der Waals surface area contributed by atoms with E-state index in [0.717, 1.165) is 18.8 Å². The first-order valence-corrected chi connectivity index (χ1v) is 5.58. The Labute approximate surface area is 93.8 Å². The fraction of sp³-hybridized carbons (Fsp3) is 0.500. The van der Waals surface area contributed by atoms with Crippen LogP contribution in [-0.2, 0) is 0 Å². The number of aromatic nitrogens is 1. The molecule has 0 bridgehead atoms. The van der Waals surface area contributed by atoms with Crippen LogP contribution < -0.4 is 4.90 Å². The Morgan fingerprint density at radius 2 is 1.57 bits per heavy atom. The van der Waals surface area contributed by atoms with Gasteiger partial charge in [0.25, 0.3) is 0 Å². The van der Waals surface area contributed by atoms with Gasteiger partial charge in [-0.3, -0.25) is 4.98 Å². The molecular formula is C10H12Cl2N2. The molecule has 0 atom stereocenters. The number of halogens is 2. The number of piperidine rings is 1. The van der Waals surface area contributed by atoms with E-state index >= 15 is 0 Å². The molecule has 0 unspecified atom stereocenters. The highest BCUT2D eigenvalue weighted by molar-refractivity contribution is 6.38. The summed E-state index contributed by atoms with van der Waals surface area (Å²) in [7, 11) is 0. The SMILES string of the molecule is Clc1cncc(Cl)c1N1CCCCC1. The van der Waals surface area contributed by atoms with Gasteiger partial charge < -0.3 is 4.90 Å². The van der Waals surface area contributed by atoms with Crippen LogP contribution in [0.15, 0.2) is 12.4 Å². The second-order valence-electron chi connectivity index (χ2n) is 3.50. The van der Waals surface area contributed by atoms with E-state index in [0.29, 0.717) is 10.0 Å². The molecule has 0 aromatic carbocycles. The van der Waals surface area contributed by atoms with E-state index in [2.05, 4.69) is 9.88 Å². The first kappa shape index (κ1) is 10.1. The molecule has 0 spiro atoms. The van der Waals surface area contributed by atoms with E-state index in [-0.39, 0.29) is 0 Å². The van der Waals surface area contributed by atoms with Gasteiger partial charge in [0.05, 0.1) is 15.7 Å². The molecule has 0 aliphatic carbocycles. The van der Waals surface area contributed by atoms with Crippen LogP contribution in [0.25, 0.3) is 0 Å².